The summed E-state index contributed by atoms with van der Waals surface area (Å²) in [4.78, 5) is 1.89. The average molecular weight is 359 g/mol. The topological polar surface area (TPSA) is 84.2 Å². The van der Waals surface area contributed by atoms with Crippen LogP contribution < -0.4 is 0 Å². The fourth-order valence-electron chi connectivity index (χ4n) is 2.98. The van der Waals surface area contributed by atoms with Crippen LogP contribution in [0.15, 0.2) is 54.6 Å². The van der Waals surface area contributed by atoms with E-state index in [-0.39, 0.29) is 19.1 Å². The molecule has 0 saturated heterocycles. The molecule has 2 aromatic rings. The van der Waals surface area contributed by atoms with Gasteiger partial charge in [0, 0.05) is 19.0 Å². The number of benzene rings is 2. The lowest BCUT2D eigenvalue weighted by Gasteiger charge is -2.31. The van der Waals surface area contributed by atoms with Crippen LogP contribution in [0.1, 0.15) is 42.2 Å². The highest BCUT2D eigenvalue weighted by molar-refractivity contribution is 5.23. The minimum atomic E-state index is -0.777. The Morgan fingerprint density at radius 3 is 2.08 bits per heavy atom. The summed E-state index contributed by atoms with van der Waals surface area (Å²) in [5.41, 5.74) is 2.33. The smallest absolute Gasteiger partial charge is 0.0942 e. The van der Waals surface area contributed by atoms with E-state index in [0.717, 1.165) is 11.1 Å². The Balaban J connectivity index is 1.88. The SMILES string of the molecule is CC(C(O)c1ccccc1)N(C)CC(O)CC(O)c1ccc(CO)cc1. The molecule has 0 bridgehead atoms. The fourth-order valence-corrected chi connectivity index (χ4v) is 2.98. The normalized spacial score (nSPS) is 16.3. The van der Waals surface area contributed by atoms with E-state index < -0.39 is 18.3 Å². The van der Waals surface area contributed by atoms with Crippen LogP contribution in [0.5, 0.6) is 0 Å². The first-order chi connectivity index (χ1) is 12.4. The molecule has 4 N–H and O–H groups in total. The number of rotatable bonds is 9. The summed E-state index contributed by atoms with van der Waals surface area (Å²) >= 11 is 0. The highest BCUT2D eigenvalue weighted by Gasteiger charge is 2.23. The van der Waals surface area contributed by atoms with E-state index in [4.69, 9.17) is 5.11 Å². The zero-order chi connectivity index (χ0) is 19.1. The maximum absolute atomic E-state index is 10.5. The third-order valence-electron chi connectivity index (χ3n) is 4.83. The van der Waals surface area contributed by atoms with Gasteiger partial charge in [-0.2, -0.15) is 0 Å². The Morgan fingerprint density at radius 2 is 1.50 bits per heavy atom. The molecule has 0 aliphatic carbocycles. The molecule has 0 amide bonds. The number of likely N-dealkylation sites (N-methyl/N-ethyl adjacent to an activating group) is 1. The van der Waals surface area contributed by atoms with Crippen molar-refractivity contribution in [3.8, 4) is 0 Å². The maximum atomic E-state index is 10.5. The summed E-state index contributed by atoms with van der Waals surface area (Å²) in [5, 5.41) is 40.2. The Bertz CT molecular complexity index is 647. The average Bonchev–Trinajstić information content (AvgIpc) is 2.67. The summed E-state index contributed by atoms with van der Waals surface area (Å²) in [7, 11) is 1.85. The lowest BCUT2D eigenvalue weighted by atomic mass is 10.00. The van der Waals surface area contributed by atoms with Gasteiger partial charge in [-0.25, -0.2) is 0 Å². The van der Waals surface area contributed by atoms with E-state index in [1.165, 1.54) is 0 Å². The van der Waals surface area contributed by atoms with Gasteiger partial charge in [0.25, 0.3) is 0 Å². The van der Waals surface area contributed by atoms with Crippen molar-refractivity contribution in [1.82, 2.24) is 4.90 Å². The van der Waals surface area contributed by atoms with Crippen LogP contribution in [0.25, 0.3) is 0 Å². The Morgan fingerprint density at radius 1 is 0.885 bits per heavy atom. The molecule has 5 nitrogen and oxygen atoms in total. The Kier molecular flexibility index (Phi) is 7.75. The van der Waals surface area contributed by atoms with Crippen LogP contribution >= 0.6 is 0 Å². The van der Waals surface area contributed by atoms with E-state index in [1.54, 1.807) is 24.3 Å². The quantitative estimate of drug-likeness (QED) is 0.550. The van der Waals surface area contributed by atoms with Crippen molar-refractivity contribution < 1.29 is 20.4 Å². The van der Waals surface area contributed by atoms with Crippen LogP contribution in [-0.4, -0.2) is 51.1 Å². The minimum absolute atomic E-state index is 0.0363. The third kappa shape index (κ3) is 5.62. The second-order valence-electron chi connectivity index (χ2n) is 6.84. The summed E-state index contributed by atoms with van der Waals surface area (Å²) < 4.78 is 0. The molecule has 0 aromatic heterocycles. The predicted octanol–water partition coefficient (Wildman–Crippen LogP) is 2.02. The summed E-state index contributed by atoms with van der Waals surface area (Å²) in [6, 6.07) is 16.3. The minimum Gasteiger partial charge on any atom is -0.392 e. The van der Waals surface area contributed by atoms with Gasteiger partial charge in [0.15, 0.2) is 0 Å². The molecule has 0 aliphatic rings. The van der Waals surface area contributed by atoms with Crippen molar-refractivity contribution >= 4 is 0 Å². The molecule has 26 heavy (non-hydrogen) atoms. The third-order valence-corrected chi connectivity index (χ3v) is 4.83. The zero-order valence-corrected chi connectivity index (χ0v) is 15.4. The van der Waals surface area contributed by atoms with Gasteiger partial charge in [0.1, 0.15) is 0 Å². The van der Waals surface area contributed by atoms with Crippen LogP contribution in [0.3, 0.4) is 0 Å². The van der Waals surface area contributed by atoms with Crippen LogP contribution in [0, 0.1) is 0 Å². The van der Waals surface area contributed by atoms with Crippen LogP contribution in [0.2, 0.25) is 0 Å². The second kappa shape index (κ2) is 9.80. The first-order valence-corrected chi connectivity index (χ1v) is 8.91. The predicted molar refractivity (Wildman–Crippen MR) is 101 cm³/mol. The van der Waals surface area contributed by atoms with Crippen molar-refractivity contribution in [2.24, 2.45) is 0 Å². The maximum Gasteiger partial charge on any atom is 0.0942 e. The summed E-state index contributed by atoms with van der Waals surface area (Å²) in [6.45, 7) is 2.22. The van der Waals surface area contributed by atoms with Gasteiger partial charge < -0.3 is 20.4 Å². The van der Waals surface area contributed by atoms with Gasteiger partial charge in [0.05, 0.1) is 24.9 Å². The van der Waals surface area contributed by atoms with Gasteiger partial charge in [0.2, 0.25) is 0 Å². The number of hydrogen-bond donors (Lipinski definition) is 4. The fraction of sp³-hybridized carbons (Fsp3) is 0.429. The lowest BCUT2D eigenvalue weighted by Crippen LogP contribution is -2.39. The van der Waals surface area contributed by atoms with Gasteiger partial charge >= 0.3 is 0 Å². The first-order valence-electron chi connectivity index (χ1n) is 8.91. The molecule has 2 aromatic carbocycles. The zero-order valence-electron chi connectivity index (χ0n) is 15.4. The van der Waals surface area contributed by atoms with Crippen molar-refractivity contribution in [2.75, 3.05) is 13.6 Å². The van der Waals surface area contributed by atoms with E-state index in [1.807, 2.05) is 49.2 Å². The molecule has 4 unspecified atom stereocenters. The second-order valence-corrected chi connectivity index (χ2v) is 6.84. The Labute approximate surface area is 155 Å². The molecular weight excluding hydrogens is 330 g/mol. The van der Waals surface area contributed by atoms with E-state index in [9.17, 15) is 15.3 Å². The van der Waals surface area contributed by atoms with Gasteiger partial charge in [-0.05, 0) is 30.7 Å². The molecule has 0 fully saturated rings. The molecule has 0 aliphatic heterocycles. The monoisotopic (exact) mass is 359 g/mol. The molecule has 2 rings (SSSR count). The lowest BCUT2D eigenvalue weighted by molar-refractivity contribution is 0.0215. The van der Waals surface area contributed by atoms with Crippen molar-refractivity contribution in [1.29, 1.82) is 0 Å². The molecular formula is C21H29NO4. The van der Waals surface area contributed by atoms with E-state index in [2.05, 4.69) is 0 Å². The van der Waals surface area contributed by atoms with Gasteiger partial charge in [-0.15, -0.1) is 0 Å². The van der Waals surface area contributed by atoms with Gasteiger partial charge in [-0.3, -0.25) is 4.90 Å². The molecule has 142 valence electrons. The summed E-state index contributed by atoms with van der Waals surface area (Å²) in [5.74, 6) is 0. The van der Waals surface area contributed by atoms with E-state index in [0.29, 0.717) is 12.1 Å². The van der Waals surface area contributed by atoms with Crippen molar-refractivity contribution in [3.63, 3.8) is 0 Å². The van der Waals surface area contributed by atoms with E-state index >= 15 is 0 Å². The van der Waals surface area contributed by atoms with Gasteiger partial charge in [-0.1, -0.05) is 54.6 Å². The van der Waals surface area contributed by atoms with Crippen molar-refractivity contribution in [3.05, 3.63) is 71.3 Å². The number of aliphatic hydroxyl groups is 4. The highest BCUT2D eigenvalue weighted by Crippen LogP contribution is 2.22. The molecule has 0 heterocycles. The van der Waals surface area contributed by atoms with Crippen LogP contribution in [0.4, 0.5) is 0 Å². The molecule has 4 atom stereocenters. The van der Waals surface area contributed by atoms with Crippen LogP contribution in [-0.2, 0) is 6.61 Å². The molecule has 5 heteroatoms. The molecule has 0 saturated carbocycles. The molecule has 0 spiro atoms. The number of aliphatic hydroxyl groups excluding tert-OH is 4. The standard InChI is InChI=1S/C21H29NO4/c1-15(21(26)18-6-4-3-5-7-18)22(2)13-19(24)12-20(25)17-10-8-16(14-23)9-11-17/h3-11,15,19-21,23-26H,12-14H2,1-2H3. The largest absolute Gasteiger partial charge is 0.392 e. The highest BCUT2D eigenvalue weighted by atomic mass is 16.3. The molecule has 0 radical (unpaired) electrons. The number of hydrogen-bond acceptors (Lipinski definition) is 5. The van der Waals surface area contributed by atoms with Crippen molar-refractivity contribution in [2.45, 2.75) is 44.3 Å². The summed E-state index contributed by atoms with van der Waals surface area (Å²) in [6.07, 6.45) is -1.94. The Hall–Kier alpha value is -1.76. The number of nitrogens with zero attached hydrogens (tertiary/aromatic N) is 1. The first kappa shape index (κ1) is 20.6.